The third kappa shape index (κ3) is 1.92. The summed E-state index contributed by atoms with van der Waals surface area (Å²) in [6.45, 7) is 0.436. The van der Waals surface area contributed by atoms with Crippen molar-refractivity contribution < 1.29 is 0 Å². The standard InChI is InChI=1S/C5H10N6/c1-11-4(9-3-10-11)2-8-5(6)7/h3H,2H2,1H3,(H4,6,7,8). The van der Waals surface area contributed by atoms with E-state index in [1.165, 1.54) is 6.33 Å². The molecule has 0 amide bonds. The molecular weight excluding hydrogens is 144 g/mol. The molecule has 0 atom stereocenters. The molecule has 1 aromatic rings. The molecule has 0 aliphatic heterocycles. The van der Waals surface area contributed by atoms with Crippen LogP contribution in [0, 0.1) is 5.41 Å². The number of nitrogens with two attached hydrogens (primary N) is 1. The van der Waals surface area contributed by atoms with Gasteiger partial charge in [0.2, 0.25) is 0 Å². The monoisotopic (exact) mass is 154 g/mol. The molecule has 0 spiro atoms. The van der Waals surface area contributed by atoms with Gasteiger partial charge in [0, 0.05) is 7.05 Å². The summed E-state index contributed by atoms with van der Waals surface area (Å²) >= 11 is 0. The minimum atomic E-state index is -0.0620. The second-order valence-electron chi connectivity index (χ2n) is 2.07. The Labute approximate surface area is 63.9 Å². The Balaban J connectivity index is 2.51. The maximum Gasteiger partial charge on any atom is 0.186 e. The highest BCUT2D eigenvalue weighted by molar-refractivity contribution is 5.74. The second kappa shape index (κ2) is 3.00. The fraction of sp³-hybridized carbons (Fsp3) is 0.400. The maximum atomic E-state index is 6.88. The van der Waals surface area contributed by atoms with Crippen LogP contribution in [-0.4, -0.2) is 20.7 Å². The number of hydrogen-bond acceptors (Lipinski definition) is 3. The fourth-order valence-corrected chi connectivity index (χ4v) is 0.654. The predicted molar refractivity (Wildman–Crippen MR) is 39.8 cm³/mol. The van der Waals surface area contributed by atoms with E-state index in [4.69, 9.17) is 11.1 Å². The number of rotatable bonds is 2. The van der Waals surface area contributed by atoms with Crippen molar-refractivity contribution in [2.45, 2.75) is 6.54 Å². The third-order valence-electron chi connectivity index (χ3n) is 1.24. The Bertz CT molecular complexity index is 251. The van der Waals surface area contributed by atoms with Crippen molar-refractivity contribution in [1.29, 1.82) is 5.41 Å². The summed E-state index contributed by atoms with van der Waals surface area (Å²) in [7, 11) is 1.78. The van der Waals surface area contributed by atoms with Crippen molar-refractivity contribution >= 4 is 5.96 Å². The highest BCUT2D eigenvalue weighted by Crippen LogP contribution is 1.87. The number of aromatic nitrogens is 3. The van der Waals surface area contributed by atoms with Gasteiger partial charge in [0.15, 0.2) is 5.96 Å². The van der Waals surface area contributed by atoms with Gasteiger partial charge in [-0.3, -0.25) is 10.1 Å². The lowest BCUT2D eigenvalue weighted by Crippen LogP contribution is -2.30. The molecule has 0 aromatic carbocycles. The van der Waals surface area contributed by atoms with Gasteiger partial charge in [-0.05, 0) is 0 Å². The van der Waals surface area contributed by atoms with Crippen LogP contribution in [0.5, 0.6) is 0 Å². The summed E-state index contributed by atoms with van der Waals surface area (Å²) in [6, 6.07) is 0. The molecule has 4 N–H and O–H groups in total. The quantitative estimate of drug-likeness (QED) is 0.368. The van der Waals surface area contributed by atoms with E-state index in [9.17, 15) is 0 Å². The normalized spacial score (nSPS) is 9.55. The van der Waals surface area contributed by atoms with Crippen molar-refractivity contribution in [1.82, 2.24) is 20.1 Å². The lowest BCUT2D eigenvalue weighted by Gasteiger charge is -2.01. The predicted octanol–water partition coefficient (Wildman–Crippen LogP) is -1.20. The minimum absolute atomic E-state index is 0.0620. The van der Waals surface area contributed by atoms with Crippen LogP contribution in [0.15, 0.2) is 6.33 Å². The first-order valence-corrected chi connectivity index (χ1v) is 3.11. The highest BCUT2D eigenvalue weighted by Gasteiger charge is 1.98. The molecule has 1 aromatic heterocycles. The first kappa shape index (κ1) is 7.52. The van der Waals surface area contributed by atoms with Crippen LogP contribution < -0.4 is 11.1 Å². The summed E-state index contributed by atoms with van der Waals surface area (Å²) in [5, 5.41) is 13.4. The highest BCUT2D eigenvalue weighted by atomic mass is 15.3. The SMILES string of the molecule is Cn1ncnc1CNC(=N)N. The molecule has 0 saturated carbocycles. The van der Waals surface area contributed by atoms with E-state index in [1.54, 1.807) is 11.7 Å². The zero-order valence-electron chi connectivity index (χ0n) is 6.20. The van der Waals surface area contributed by atoms with Crippen molar-refractivity contribution in [2.75, 3.05) is 0 Å². The first-order valence-electron chi connectivity index (χ1n) is 3.11. The molecule has 1 rings (SSSR count). The number of aryl methyl sites for hydroxylation is 1. The van der Waals surface area contributed by atoms with Gasteiger partial charge in [0.05, 0.1) is 6.54 Å². The van der Waals surface area contributed by atoms with Crippen molar-refractivity contribution in [3.8, 4) is 0 Å². The van der Waals surface area contributed by atoms with Crippen LogP contribution >= 0.6 is 0 Å². The Kier molecular flexibility index (Phi) is 2.05. The number of nitrogens with zero attached hydrogens (tertiary/aromatic N) is 3. The van der Waals surface area contributed by atoms with Gasteiger partial charge in [-0.25, -0.2) is 4.98 Å². The van der Waals surface area contributed by atoms with E-state index in [-0.39, 0.29) is 5.96 Å². The summed E-state index contributed by atoms with van der Waals surface area (Å²) in [5.74, 6) is 0.688. The van der Waals surface area contributed by atoms with E-state index in [2.05, 4.69) is 15.4 Å². The molecule has 0 unspecified atom stereocenters. The fourth-order valence-electron chi connectivity index (χ4n) is 0.654. The average molecular weight is 154 g/mol. The summed E-state index contributed by atoms with van der Waals surface area (Å²) < 4.78 is 1.62. The number of hydrogen-bond donors (Lipinski definition) is 3. The molecule has 0 fully saturated rings. The summed E-state index contributed by atoms with van der Waals surface area (Å²) in [4.78, 5) is 3.92. The van der Waals surface area contributed by atoms with Crippen molar-refractivity contribution in [2.24, 2.45) is 12.8 Å². The van der Waals surface area contributed by atoms with Gasteiger partial charge in [0.1, 0.15) is 12.2 Å². The van der Waals surface area contributed by atoms with Gasteiger partial charge in [-0.1, -0.05) is 0 Å². The van der Waals surface area contributed by atoms with Gasteiger partial charge in [-0.15, -0.1) is 0 Å². The Morgan fingerprint density at radius 1 is 1.91 bits per heavy atom. The smallest absolute Gasteiger partial charge is 0.186 e. The molecular formula is C5H10N6. The Morgan fingerprint density at radius 2 is 2.64 bits per heavy atom. The molecule has 0 radical (unpaired) electrons. The second-order valence-corrected chi connectivity index (χ2v) is 2.07. The molecule has 11 heavy (non-hydrogen) atoms. The molecule has 0 aliphatic carbocycles. The van der Waals surface area contributed by atoms with E-state index < -0.39 is 0 Å². The van der Waals surface area contributed by atoms with Crippen LogP contribution in [0.2, 0.25) is 0 Å². The Morgan fingerprint density at radius 3 is 3.09 bits per heavy atom. The van der Waals surface area contributed by atoms with Gasteiger partial charge in [0.25, 0.3) is 0 Å². The largest absolute Gasteiger partial charge is 0.370 e. The zero-order valence-corrected chi connectivity index (χ0v) is 6.20. The average Bonchev–Trinajstić information content (AvgIpc) is 2.31. The summed E-state index contributed by atoms with van der Waals surface area (Å²) in [6.07, 6.45) is 1.46. The molecule has 0 bridgehead atoms. The molecule has 0 saturated heterocycles. The van der Waals surface area contributed by atoms with E-state index in [0.717, 1.165) is 5.82 Å². The summed E-state index contributed by atoms with van der Waals surface area (Å²) in [5.41, 5.74) is 5.07. The van der Waals surface area contributed by atoms with Gasteiger partial charge >= 0.3 is 0 Å². The zero-order chi connectivity index (χ0) is 8.27. The van der Waals surface area contributed by atoms with Crippen LogP contribution in [0.25, 0.3) is 0 Å². The molecule has 60 valence electrons. The maximum absolute atomic E-state index is 6.88. The van der Waals surface area contributed by atoms with Gasteiger partial charge < -0.3 is 11.1 Å². The van der Waals surface area contributed by atoms with Crippen LogP contribution in [-0.2, 0) is 13.6 Å². The van der Waals surface area contributed by atoms with Crippen LogP contribution in [0.3, 0.4) is 0 Å². The lowest BCUT2D eigenvalue weighted by molar-refractivity contribution is 0.679. The van der Waals surface area contributed by atoms with Crippen LogP contribution in [0.4, 0.5) is 0 Å². The molecule has 6 nitrogen and oxygen atoms in total. The number of nitrogens with one attached hydrogen (secondary N) is 2. The third-order valence-corrected chi connectivity index (χ3v) is 1.24. The first-order chi connectivity index (χ1) is 5.20. The van der Waals surface area contributed by atoms with E-state index in [1.807, 2.05) is 0 Å². The lowest BCUT2D eigenvalue weighted by atomic mass is 10.6. The van der Waals surface area contributed by atoms with Gasteiger partial charge in [-0.2, -0.15) is 5.10 Å². The molecule has 1 heterocycles. The van der Waals surface area contributed by atoms with E-state index in [0.29, 0.717) is 6.54 Å². The molecule has 0 aliphatic rings. The van der Waals surface area contributed by atoms with Crippen molar-refractivity contribution in [3.63, 3.8) is 0 Å². The molecule has 6 heteroatoms. The van der Waals surface area contributed by atoms with Crippen LogP contribution in [0.1, 0.15) is 5.82 Å². The van der Waals surface area contributed by atoms with Crippen molar-refractivity contribution in [3.05, 3.63) is 12.2 Å². The Hall–Kier alpha value is -1.59. The number of guanidine groups is 1. The van der Waals surface area contributed by atoms with E-state index >= 15 is 0 Å². The minimum Gasteiger partial charge on any atom is -0.370 e. The topological polar surface area (TPSA) is 92.6 Å².